The van der Waals surface area contributed by atoms with Crippen molar-refractivity contribution in [1.29, 1.82) is 0 Å². The third-order valence-corrected chi connectivity index (χ3v) is 12.7. The number of aromatic nitrogens is 1. The van der Waals surface area contributed by atoms with Crippen LogP contribution in [-0.4, -0.2) is 10.6 Å². The van der Waals surface area contributed by atoms with Crippen molar-refractivity contribution in [3.63, 3.8) is 0 Å². The van der Waals surface area contributed by atoms with Crippen molar-refractivity contribution < 1.29 is 0 Å². The summed E-state index contributed by atoms with van der Waals surface area (Å²) in [5.74, 6) is 0. The van der Waals surface area contributed by atoms with Crippen LogP contribution in [0.15, 0.2) is 199 Å². The smallest absolute Gasteiger partial charge is 0.0628 e. The molecule has 7 aromatic carbocycles. The number of nitrogens with zero attached hydrogens (tertiary/aromatic N) is 2. The van der Waals surface area contributed by atoms with Gasteiger partial charge in [0.15, 0.2) is 0 Å². The van der Waals surface area contributed by atoms with Crippen molar-refractivity contribution in [3.05, 3.63) is 199 Å². The first-order valence-electron chi connectivity index (χ1n) is 19.3. The second-order valence-electron chi connectivity index (χ2n) is 14.7. The van der Waals surface area contributed by atoms with Gasteiger partial charge >= 0.3 is 0 Å². The number of hydrogen-bond donors (Lipinski definition) is 0. The Kier molecular flexibility index (Phi) is 7.67. The highest BCUT2D eigenvalue weighted by Gasteiger charge is 2.28. The van der Waals surface area contributed by atoms with Crippen LogP contribution in [0.25, 0.3) is 69.6 Å². The molecule has 2 aliphatic carbocycles. The first-order valence-corrected chi connectivity index (χ1v) is 20.2. The van der Waals surface area contributed by atoms with Gasteiger partial charge in [-0.15, -0.1) is 11.3 Å². The summed E-state index contributed by atoms with van der Waals surface area (Å²) in [4.78, 5) is 2.61. The van der Waals surface area contributed by atoms with Gasteiger partial charge in [0, 0.05) is 48.0 Å². The van der Waals surface area contributed by atoms with Crippen LogP contribution >= 0.6 is 11.3 Å². The molecule has 11 rings (SSSR count). The number of fused-ring (bicyclic) bond motifs is 8. The third kappa shape index (κ3) is 5.30. The fourth-order valence-corrected chi connectivity index (χ4v) is 10.3. The van der Waals surface area contributed by atoms with Gasteiger partial charge in [-0.3, -0.25) is 0 Å². The molecule has 0 aliphatic heterocycles. The maximum absolute atomic E-state index is 2.61. The van der Waals surface area contributed by atoms with Crippen LogP contribution in [0.1, 0.15) is 19.3 Å². The van der Waals surface area contributed by atoms with Crippen molar-refractivity contribution in [1.82, 2.24) is 4.57 Å². The zero-order valence-corrected chi connectivity index (χ0v) is 31.2. The molecule has 2 nitrogen and oxygen atoms in total. The maximum Gasteiger partial charge on any atom is 0.0628 e. The summed E-state index contributed by atoms with van der Waals surface area (Å²) in [7, 11) is 0. The molecular formula is C52H38N2S. The molecule has 2 heterocycles. The molecule has 0 radical (unpaired) electrons. The lowest BCUT2D eigenvalue weighted by atomic mass is 9.86. The Labute approximate surface area is 324 Å². The molecule has 2 aliphatic rings. The molecule has 0 saturated carbocycles. The summed E-state index contributed by atoms with van der Waals surface area (Å²) in [6.45, 7) is 0. The molecule has 0 bridgehead atoms. The monoisotopic (exact) mass is 722 g/mol. The van der Waals surface area contributed by atoms with Crippen LogP contribution in [0, 0.1) is 0 Å². The Bertz CT molecular complexity index is 3080. The molecule has 0 fully saturated rings. The minimum atomic E-state index is 0.168. The quantitative estimate of drug-likeness (QED) is 0.166. The molecule has 3 heteroatoms. The first-order chi connectivity index (χ1) is 27.3. The lowest BCUT2D eigenvalue weighted by Gasteiger charge is -2.37. The van der Waals surface area contributed by atoms with Gasteiger partial charge in [-0.25, -0.2) is 0 Å². The molecule has 0 N–H and O–H groups in total. The standard InChI is InChI=1S/C52H38N2S/c1-3-15-35(16-4-1)41-21-7-10-26-47(41)53(39-29-30-44-43-22-9-12-28-50(43)55-51(44)34-39)38-20-13-17-36(33-38)40-24-14-25-45-42(40)31-32-49-52(45)46-23-8-11-27-48(46)54(49)37-18-5-2-6-19-37/h1-3,5-15,17-25,27-34,47H,4,16,26H2. The molecule has 0 saturated heterocycles. The number of allylic oxidation sites excluding steroid dienone is 5. The molecule has 1 atom stereocenters. The summed E-state index contributed by atoms with van der Waals surface area (Å²) in [6, 6.07) is 56.4. The SMILES string of the molecule is C1=CCCC(C2=CC=CCC2N(c2cccc(-c3cccc4c3ccc3c4c4ccccc4n3-c3ccccc3)c2)c2ccc3c(c2)sc2ccccc23)=C1. The summed E-state index contributed by atoms with van der Waals surface area (Å²) in [5.41, 5.74) is 11.4. The fraction of sp³-hybridized carbons (Fsp3) is 0.0769. The van der Waals surface area contributed by atoms with Gasteiger partial charge in [0.2, 0.25) is 0 Å². The van der Waals surface area contributed by atoms with E-state index in [4.69, 9.17) is 0 Å². The van der Waals surface area contributed by atoms with E-state index < -0.39 is 0 Å². The molecule has 2 aromatic heterocycles. The summed E-state index contributed by atoms with van der Waals surface area (Å²) in [6.07, 6.45) is 16.9. The van der Waals surface area contributed by atoms with Gasteiger partial charge in [0.05, 0.1) is 17.1 Å². The van der Waals surface area contributed by atoms with Crippen molar-refractivity contribution in [3.8, 4) is 16.8 Å². The van der Waals surface area contributed by atoms with Crippen LogP contribution in [0.4, 0.5) is 11.4 Å². The van der Waals surface area contributed by atoms with Crippen LogP contribution in [0.3, 0.4) is 0 Å². The van der Waals surface area contributed by atoms with Crippen LogP contribution < -0.4 is 4.90 Å². The summed E-state index contributed by atoms with van der Waals surface area (Å²) in [5, 5.41) is 7.78. The van der Waals surface area contributed by atoms with Gasteiger partial charge in [0.1, 0.15) is 0 Å². The number of benzene rings is 7. The Morgan fingerprint density at radius 2 is 1.31 bits per heavy atom. The lowest BCUT2D eigenvalue weighted by molar-refractivity contribution is 0.735. The van der Waals surface area contributed by atoms with Crippen molar-refractivity contribution >= 4 is 75.5 Å². The number of hydrogen-bond acceptors (Lipinski definition) is 2. The second-order valence-corrected chi connectivity index (χ2v) is 15.8. The van der Waals surface area contributed by atoms with E-state index in [1.54, 1.807) is 0 Å². The molecule has 262 valence electrons. The van der Waals surface area contributed by atoms with E-state index in [0.717, 1.165) is 19.3 Å². The Morgan fingerprint density at radius 3 is 2.22 bits per heavy atom. The predicted octanol–water partition coefficient (Wildman–Crippen LogP) is 14.6. The Balaban J connectivity index is 1.09. The van der Waals surface area contributed by atoms with Crippen molar-refractivity contribution in [2.24, 2.45) is 0 Å². The molecular weight excluding hydrogens is 685 g/mol. The highest BCUT2D eigenvalue weighted by atomic mass is 32.1. The van der Waals surface area contributed by atoms with Gasteiger partial charge in [-0.05, 0) is 107 Å². The van der Waals surface area contributed by atoms with E-state index in [0.29, 0.717) is 0 Å². The zero-order chi connectivity index (χ0) is 36.3. The average molecular weight is 723 g/mol. The van der Waals surface area contributed by atoms with E-state index in [9.17, 15) is 0 Å². The highest BCUT2D eigenvalue weighted by molar-refractivity contribution is 7.25. The Hall–Kier alpha value is -6.42. The Morgan fingerprint density at radius 1 is 0.545 bits per heavy atom. The van der Waals surface area contributed by atoms with E-state index in [-0.39, 0.29) is 6.04 Å². The topological polar surface area (TPSA) is 8.17 Å². The zero-order valence-electron chi connectivity index (χ0n) is 30.4. The number of thiophene rings is 1. The molecule has 1 unspecified atom stereocenters. The minimum absolute atomic E-state index is 0.168. The minimum Gasteiger partial charge on any atom is -0.334 e. The molecule has 0 amide bonds. The van der Waals surface area contributed by atoms with Gasteiger partial charge in [0.25, 0.3) is 0 Å². The lowest BCUT2D eigenvalue weighted by Crippen LogP contribution is -2.34. The van der Waals surface area contributed by atoms with E-state index in [2.05, 4.69) is 198 Å². The molecule has 9 aromatic rings. The van der Waals surface area contributed by atoms with Gasteiger partial charge in [-0.2, -0.15) is 0 Å². The first kappa shape index (κ1) is 32.0. The van der Waals surface area contributed by atoms with E-state index in [1.165, 1.54) is 92.1 Å². The summed E-state index contributed by atoms with van der Waals surface area (Å²) >= 11 is 1.89. The average Bonchev–Trinajstić information content (AvgIpc) is 3.80. The maximum atomic E-state index is 2.61. The second kappa shape index (κ2) is 13.2. The van der Waals surface area contributed by atoms with Gasteiger partial charge < -0.3 is 9.47 Å². The normalized spacial score (nSPS) is 15.7. The van der Waals surface area contributed by atoms with Gasteiger partial charge in [-0.1, -0.05) is 134 Å². The number of para-hydroxylation sites is 2. The van der Waals surface area contributed by atoms with Crippen molar-refractivity contribution in [2.75, 3.05) is 4.90 Å². The molecule has 0 spiro atoms. The number of anilines is 2. The summed E-state index contributed by atoms with van der Waals surface area (Å²) < 4.78 is 5.06. The number of rotatable bonds is 6. The van der Waals surface area contributed by atoms with Crippen LogP contribution in [0.5, 0.6) is 0 Å². The largest absolute Gasteiger partial charge is 0.334 e. The third-order valence-electron chi connectivity index (χ3n) is 11.6. The van der Waals surface area contributed by atoms with Crippen LogP contribution in [0.2, 0.25) is 0 Å². The van der Waals surface area contributed by atoms with E-state index >= 15 is 0 Å². The predicted molar refractivity (Wildman–Crippen MR) is 237 cm³/mol. The molecule has 55 heavy (non-hydrogen) atoms. The highest BCUT2D eigenvalue weighted by Crippen LogP contribution is 2.44. The van der Waals surface area contributed by atoms with E-state index in [1.807, 2.05) is 11.3 Å². The van der Waals surface area contributed by atoms with Crippen molar-refractivity contribution in [2.45, 2.75) is 25.3 Å². The van der Waals surface area contributed by atoms with Crippen LogP contribution in [-0.2, 0) is 0 Å². The fourth-order valence-electron chi connectivity index (χ4n) is 9.16.